The number of amides is 1. The maximum Gasteiger partial charge on any atom is 0.249 e. The van der Waals surface area contributed by atoms with Gasteiger partial charge in [0.25, 0.3) is 0 Å². The van der Waals surface area contributed by atoms with Crippen molar-refractivity contribution in [2.24, 2.45) is 0 Å². The molecular formula is C24H21N3O2. The molecule has 0 fully saturated rings. The van der Waals surface area contributed by atoms with Crippen molar-refractivity contribution in [3.05, 3.63) is 90.1 Å². The van der Waals surface area contributed by atoms with Gasteiger partial charge >= 0.3 is 0 Å². The van der Waals surface area contributed by atoms with Crippen LogP contribution in [0.4, 0.5) is 5.82 Å². The van der Waals surface area contributed by atoms with Crippen molar-refractivity contribution >= 4 is 23.4 Å². The van der Waals surface area contributed by atoms with E-state index in [1.165, 1.54) is 6.08 Å². The number of hydrogen-bond donors (Lipinski definition) is 1. The Balaban J connectivity index is 1.71. The molecule has 0 bridgehead atoms. The largest absolute Gasteiger partial charge is 0.497 e. The number of carbonyl (C=O) groups is 1. The van der Waals surface area contributed by atoms with Gasteiger partial charge in [-0.1, -0.05) is 36.4 Å². The smallest absolute Gasteiger partial charge is 0.249 e. The minimum absolute atomic E-state index is 0.216. The second-order valence-electron chi connectivity index (χ2n) is 6.71. The molecule has 0 saturated heterocycles. The molecule has 0 aliphatic carbocycles. The fourth-order valence-corrected chi connectivity index (χ4v) is 3.11. The van der Waals surface area contributed by atoms with E-state index in [1.54, 1.807) is 13.2 Å². The Kier molecular flexibility index (Phi) is 5.12. The fraction of sp³-hybridized carbons (Fsp3) is 0.0833. The molecule has 2 aromatic carbocycles. The molecule has 144 valence electrons. The van der Waals surface area contributed by atoms with Crippen molar-refractivity contribution < 1.29 is 9.53 Å². The Hall–Kier alpha value is -3.86. The quantitative estimate of drug-likeness (QED) is 0.495. The van der Waals surface area contributed by atoms with Gasteiger partial charge in [-0.05, 0) is 54.5 Å². The van der Waals surface area contributed by atoms with Crippen molar-refractivity contribution in [2.75, 3.05) is 12.4 Å². The molecule has 0 spiro atoms. The second-order valence-corrected chi connectivity index (χ2v) is 6.71. The summed E-state index contributed by atoms with van der Waals surface area (Å²) in [5, 5.41) is 3.00. The van der Waals surface area contributed by atoms with Gasteiger partial charge < -0.3 is 10.1 Å². The summed E-state index contributed by atoms with van der Waals surface area (Å²) in [5.74, 6) is 1.19. The third kappa shape index (κ3) is 4.04. The maximum atomic E-state index is 12.6. The molecule has 0 saturated carbocycles. The molecule has 5 heteroatoms. The Morgan fingerprint density at radius 2 is 1.79 bits per heavy atom. The van der Waals surface area contributed by atoms with E-state index in [0.717, 1.165) is 28.1 Å². The number of carbonyl (C=O) groups excluding carboxylic acids is 1. The van der Waals surface area contributed by atoms with Crippen molar-refractivity contribution in [3.8, 4) is 17.0 Å². The first-order chi connectivity index (χ1) is 14.1. The monoisotopic (exact) mass is 383 g/mol. The standard InChI is InChI=1S/C24H21N3O2/c1-17-8-14-21-25-23(19-10-12-20(29-2)13-11-19)24(27(21)16-17)26-22(28)15-9-18-6-4-3-5-7-18/h3-16H,1-2H3,(H,26,28)/b15-9+. The van der Waals surface area contributed by atoms with Gasteiger partial charge in [0, 0.05) is 17.8 Å². The van der Waals surface area contributed by atoms with Gasteiger partial charge in [-0.2, -0.15) is 0 Å². The number of nitrogens with zero attached hydrogens (tertiary/aromatic N) is 2. The molecule has 0 unspecified atom stereocenters. The van der Waals surface area contributed by atoms with E-state index in [4.69, 9.17) is 9.72 Å². The molecule has 0 radical (unpaired) electrons. The average molecular weight is 383 g/mol. The number of benzene rings is 2. The van der Waals surface area contributed by atoms with Crippen molar-refractivity contribution in [2.45, 2.75) is 6.92 Å². The SMILES string of the molecule is COc1ccc(-c2nc3ccc(C)cn3c2NC(=O)/C=C/c2ccccc2)cc1. The molecule has 4 rings (SSSR count). The van der Waals surface area contributed by atoms with Gasteiger partial charge in [-0.15, -0.1) is 0 Å². The van der Waals surface area contributed by atoms with Crippen molar-refractivity contribution in [1.29, 1.82) is 0 Å². The van der Waals surface area contributed by atoms with Gasteiger partial charge in [0.15, 0.2) is 0 Å². The second kappa shape index (κ2) is 8.02. The minimum atomic E-state index is -0.216. The molecule has 29 heavy (non-hydrogen) atoms. The predicted octanol–water partition coefficient (Wildman–Crippen LogP) is 4.97. The van der Waals surface area contributed by atoms with E-state index >= 15 is 0 Å². The number of methoxy groups -OCH3 is 1. The van der Waals surface area contributed by atoms with Crippen LogP contribution in [0.2, 0.25) is 0 Å². The zero-order chi connectivity index (χ0) is 20.2. The number of aromatic nitrogens is 2. The van der Waals surface area contributed by atoms with Crippen molar-refractivity contribution in [3.63, 3.8) is 0 Å². The van der Waals surface area contributed by atoms with Gasteiger partial charge in [0.1, 0.15) is 22.9 Å². The molecule has 0 aliphatic heterocycles. The summed E-state index contributed by atoms with van der Waals surface area (Å²) < 4.78 is 7.15. The molecule has 2 heterocycles. The lowest BCUT2D eigenvalue weighted by molar-refractivity contribution is -0.111. The zero-order valence-electron chi connectivity index (χ0n) is 16.3. The number of fused-ring (bicyclic) bond motifs is 1. The summed E-state index contributed by atoms with van der Waals surface area (Å²) in [7, 11) is 1.63. The maximum absolute atomic E-state index is 12.6. The Morgan fingerprint density at radius 1 is 1.03 bits per heavy atom. The average Bonchev–Trinajstić information content (AvgIpc) is 3.10. The van der Waals surface area contributed by atoms with Gasteiger partial charge in [0.2, 0.25) is 5.91 Å². The van der Waals surface area contributed by atoms with E-state index in [2.05, 4.69) is 5.32 Å². The molecule has 2 aromatic heterocycles. The summed E-state index contributed by atoms with van der Waals surface area (Å²) in [4.78, 5) is 17.4. The summed E-state index contributed by atoms with van der Waals surface area (Å²) in [6.45, 7) is 2.01. The molecule has 4 aromatic rings. The molecule has 0 aliphatic rings. The summed E-state index contributed by atoms with van der Waals surface area (Å²) >= 11 is 0. The lowest BCUT2D eigenvalue weighted by atomic mass is 10.1. The number of hydrogen-bond acceptors (Lipinski definition) is 3. The Morgan fingerprint density at radius 3 is 2.52 bits per heavy atom. The minimum Gasteiger partial charge on any atom is -0.497 e. The molecule has 5 nitrogen and oxygen atoms in total. The summed E-state index contributed by atoms with van der Waals surface area (Å²) in [6, 6.07) is 21.3. The third-order valence-corrected chi connectivity index (χ3v) is 4.60. The van der Waals surface area contributed by atoms with E-state index in [9.17, 15) is 4.79 Å². The number of rotatable bonds is 5. The van der Waals surface area contributed by atoms with E-state index < -0.39 is 0 Å². The normalized spacial score (nSPS) is 11.1. The highest BCUT2D eigenvalue weighted by Gasteiger charge is 2.16. The van der Waals surface area contributed by atoms with Crippen LogP contribution in [-0.2, 0) is 4.79 Å². The Bertz CT molecular complexity index is 1180. The van der Waals surface area contributed by atoms with Crippen LogP contribution in [0.25, 0.3) is 23.0 Å². The fourth-order valence-electron chi connectivity index (χ4n) is 3.11. The third-order valence-electron chi connectivity index (χ3n) is 4.60. The lowest BCUT2D eigenvalue weighted by Gasteiger charge is -2.07. The summed E-state index contributed by atoms with van der Waals surface area (Å²) in [6.07, 6.45) is 5.28. The Labute approximate surface area is 169 Å². The molecule has 0 atom stereocenters. The molecule has 1 N–H and O–H groups in total. The number of aryl methyl sites for hydroxylation is 1. The van der Waals surface area contributed by atoms with Gasteiger partial charge in [0.05, 0.1) is 7.11 Å². The van der Waals surface area contributed by atoms with Crippen LogP contribution < -0.4 is 10.1 Å². The highest BCUT2D eigenvalue weighted by atomic mass is 16.5. The van der Waals surface area contributed by atoms with Crippen LogP contribution in [-0.4, -0.2) is 22.4 Å². The van der Waals surface area contributed by atoms with Crippen LogP contribution in [0.5, 0.6) is 5.75 Å². The van der Waals surface area contributed by atoms with Crippen LogP contribution in [0.15, 0.2) is 79.0 Å². The van der Waals surface area contributed by atoms with Gasteiger partial charge in [-0.3, -0.25) is 9.20 Å². The molecular weight excluding hydrogens is 362 g/mol. The summed E-state index contributed by atoms with van der Waals surface area (Å²) in [5.41, 5.74) is 4.41. The van der Waals surface area contributed by atoms with Crippen LogP contribution in [0, 0.1) is 6.92 Å². The number of nitrogens with one attached hydrogen (secondary N) is 1. The number of pyridine rings is 1. The number of imidazole rings is 1. The predicted molar refractivity (Wildman–Crippen MR) is 116 cm³/mol. The van der Waals surface area contributed by atoms with Crippen LogP contribution in [0.3, 0.4) is 0 Å². The first-order valence-corrected chi connectivity index (χ1v) is 9.31. The van der Waals surface area contributed by atoms with Crippen molar-refractivity contribution in [1.82, 2.24) is 9.38 Å². The van der Waals surface area contributed by atoms with Crippen LogP contribution in [0.1, 0.15) is 11.1 Å². The van der Waals surface area contributed by atoms with E-state index in [0.29, 0.717) is 11.5 Å². The molecule has 1 amide bonds. The number of ether oxygens (including phenoxy) is 1. The van der Waals surface area contributed by atoms with Crippen LogP contribution >= 0.6 is 0 Å². The highest BCUT2D eigenvalue weighted by molar-refractivity contribution is 6.03. The van der Waals surface area contributed by atoms with Gasteiger partial charge in [-0.25, -0.2) is 4.98 Å². The topological polar surface area (TPSA) is 55.6 Å². The van der Waals surface area contributed by atoms with E-state index in [1.807, 2.05) is 84.3 Å². The number of anilines is 1. The first-order valence-electron chi connectivity index (χ1n) is 9.31. The highest BCUT2D eigenvalue weighted by Crippen LogP contribution is 2.30. The van der Waals surface area contributed by atoms with E-state index in [-0.39, 0.29) is 5.91 Å². The first kappa shape index (κ1) is 18.5. The zero-order valence-corrected chi connectivity index (χ0v) is 16.3. The lowest BCUT2D eigenvalue weighted by Crippen LogP contribution is -2.10.